The van der Waals surface area contributed by atoms with Gasteiger partial charge in [-0.25, -0.2) is 4.68 Å². The molecule has 1 saturated heterocycles. The van der Waals surface area contributed by atoms with Crippen LogP contribution >= 0.6 is 11.8 Å². The molecule has 1 unspecified atom stereocenters. The summed E-state index contributed by atoms with van der Waals surface area (Å²) in [6, 6.07) is 7.32. The number of H-pyrrole nitrogens is 1. The molecule has 2 aliphatic heterocycles. The second kappa shape index (κ2) is 8.79. The number of para-hydroxylation sites is 1. The summed E-state index contributed by atoms with van der Waals surface area (Å²) in [6.07, 6.45) is 3.53. The first-order chi connectivity index (χ1) is 15.6. The van der Waals surface area contributed by atoms with Crippen LogP contribution in [0.2, 0.25) is 0 Å². The van der Waals surface area contributed by atoms with Gasteiger partial charge < -0.3 is 20.4 Å². The van der Waals surface area contributed by atoms with E-state index in [1.807, 2.05) is 18.2 Å². The number of ketones is 1. The second-order valence-electron chi connectivity index (χ2n) is 7.89. The number of ether oxygens (including phenoxy) is 1. The predicted molar refractivity (Wildman–Crippen MR) is 120 cm³/mol. The molecule has 0 radical (unpaired) electrons. The molecule has 0 bridgehead atoms. The number of aromatic nitrogens is 3. The molecule has 0 spiro atoms. The average Bonchev–Trinajstić information content (AvgIpc) is 3.58. The molecule has 166 valence electrons. The van der Waals surface area contributed by atoms with Crippen LogP contribution in [0.4, 0.5) is 5.82 Å². The number of benzene rings is 1. The topological polar surface area (TPSA) is 118 Å². The van der Waals surface area contributed by atoms with E-state index in [2.05, 4.69) is 20.7 Å². The molecule has 1 fully saturated rings. The second-order valence-corrected chi connectivity index (χ2v) is 8.88. The summed E-state index contributed by atoms with van der Waals surface area (Å²) in [4.78, 5) is 41.2. The highest BCUT2D eigenvalue weighted by atomic mass is 32.2. The fraction of sp³-hybridized carbons (Fsp3) is 0.364. The van der Waals surface area contributed by atoms with Crippen molar-refractivity contribution in [1.29, 1.82) is 0 Å². The Hall–Kier alpha value is -3.11. The zero-order valence-corrected chi connectivity index (χ0v) is 18.2. The summed E-state index contributed by atoms with van der Waals surface area (Å²) in [5, 5.41) is 10.8. The van der Waals surface area contributed by atoms with Gasteiger partial charge in [-0.15, -0.1) is 0 Å². The maximum Gasteiger partial charge on any atom is 0.298 e. The number of nitrogens with one attached hydrogen (secondary N) is 3. The lowest BCUT2D eigenvalue weighted by molar-refractivity contribution is -0.122. The molecule has 2 amide bonds. The number of carbonyl (C=O) groups excluding carboxylic acids is 3. The zero-order chi connectivity index (χ0) is 22.1. The first kappa shape index (κ1) is 20.8. The molecule has 3 aromatic rings. The van der Waals surface area contributed by atoms with Crippen LogP contribution in [0.25, 0.3) is 10.9 Å². The highest BCUT2D eigenvalue weighted by Gasteiger charge is 2.28. The summed E-state index contributed by atoms with van der Waals surface area (Å²) < 4.78 is 7.02. The summed E-state index contributed by atoms with van der Waals surface area (Å²) in [6.45, 7) is 1.14. The third-order valence-electron chi connectivity index (χ3n) is 5.74. The van der Waals surface area contributed by atoms with Gasteiger partial charge in [0.2, 0.25) is 5.91 Å². The molecular weight excluding hydrogens is 430 g/mol. The number of fused-ring (bicyclic) bond motifs is 2. The van der Waals surface area contributed by atoms with Crippen LogP contribution in [0, 0.1) is 0 Å². The van der Waals surface area contributed by atoms with E-state index >= 15 is 0 Å². The normalized spacial score (nSPS) is 17.4. The van der Waals surface area contributed by atoms with Crippen molar-refractivity contribution in [2.75, 3.05) is 18.5 Å². The third-order valence-corrected chi connectivity index (χ3v) is 6.71. The fourth-order valence-electron chi connectivity index (χ4n) is 4.09. The van der Waals surface area contributed by atoms with Crippen molar-refractivity contribution in [1.82, 2.24) is 20.1 Å². The maximum atomic E-state index is 12.9. The summed E-state index contributed by atoms with van der Waals surface area (Å²) in [5.74, 6) is 0.180. The van der Waals surface area contributed by atoms with E-state index in [4.69, 9.17) is 4.74 Å². The molecule has 3 N–H and O–H groups in total. The lowest BCUT2D eigenvalue weighted by Crippen LogP contribution is -2.35. The van der Waals surface area contributed by atoms with Gasteiger partial charge in [0.15, 0.2) is 0 Å². The Morgan fingerprint density at radius 1 is 1.25 bits per heavy atom. The molecule has 1 aromatic carbocycles. The van der Waals surface area contributed by atoms with Gasteiger partial charge in [-0.3, -0.25) is 14.4 Å². The van der Waals surface area contributed by atoms with Crippen LogP contribution in [-0.2, 0) is 32.4 Å². The highest BCUT2D eigenvalue weighted by molar-refractivity contribution is 7.98. The summed E-state index contributed by atoms with van der Waals surface area (Å²) >= 11 is 1.68. The molecule has 32 heavy (non-hydrogen) atoms. The largest absolute Gasteiger partial charge is 0.376 e. The van der Waals surface area contributed by atoms with Gasteiger partial charge in [-0.2, -0.15) is 16.9 Å². The van der Waals surface area contributed by atoms with Crippen molar-refractivity contribution in [3.63, 3.8) is 0 Å². The maximum absolute atomic E-state index is 12.9. The van der Waals surface area contributed by atoms with E-state index in [9.17, 15) is 14.4 Å². The number of hydrogen-bond donors (Lipinski definition) is 3. The Labute approximate surface area is 188 Å². The van der Waals surface area contributed by atoms with Gasteiger partial charge in [0, 0.05) is 47.3 Å². The summed E-state index contributed by atoms with van der Waals surface area (Å²) in [5.41, 5.74) is 2.79. The number of anilines is 1. The third kappa shape index (κ3) is 4.03. The van der Waals surface area contributed by atoms with E-state index in [1.165, 1.54) is 4.68 Å². The van der Waals surface area contributed by atoms with Crippen molar-refractivity contribution in [3.8, 4) is 0 Å². The molecule has 0 saturated carbocycles. The van der Waals surface area contributed by atoms with E-state index in [1.54, 1.807) is 24.0 Å². The van der Waals surface area contributed by atoms with Gasteiger partial charge in [-0.1, -0.05) is 18.2 Å². The Morgan fingerprint density at radius 2 is 2.12 bits per heavy atom. The minimum absolute atomic E-state index is 0.0404. The van der Waals surface area contributed by atoms with Crippen molar-refractivity contribution < 1.29 is 19.1 Å². The predicted octanol–water partition coefficient (Wildman–Crippen LogP) is 2.23. The van der Waals surface area contributed by atoms with Crippen LogP contribution in [-0.4, -0.2) is 51.6 Å². The van der Waals surface area contributed by atoms with Crippen molar-refractivity contribution in [2.45, 2.75) is 37.0 Å². The van der Waals surface area contributed by atoms with E-state index in [-0.39, 0.29) is 18.6 Å². The molecule has 4 heterocycles. The molecule has 1 atom stereocenters. The number of Topliss-reactive ketones (excluding diaryl/α,β-unsaturated/α-hetero) is 1. The van der Waals surface area contributed by atoms with Gasteiger partial charge in [-0.05, 0) is 18.9 Å². The number of hydrogen-bond acceptors (Lipinski definition) is 6. The zero-order valence-electron chi connectivity index (χ0n) is 17.3. The molecule has 9 nitrogen and oxygen atoms in total. The molecule has 2 aliphatic rings. The number of thioether (sulfide) groups is 1. The number of rotatable bonds is 7. The van der Waals surface area contributed by atoms with Gasteiger partial charge >= 0.3 is 0 Å². The monoisotopic (exact) mass is 453 g/mol. The number of nitrogens with zero attached hydrogens (tertiary/aromatic N) is 2. The Morgan fingerprint density at radius 3 is 2.97 bits per heavy atom. The number of amides is 2. The molecule has 5 rings (SSSR count). The van der Waals surface area contributed by atoms with E-state index in [0.717, 1.165) is 36.2 Å². The highest BCUT2D eigenvalue weighted by Crippen LogP contribution is 2.34. The number of carbonyl (C=O) groups is 3. The lowest BCUT2D eigenvalue weighted by atomic mass is 10.1. The minimum Gasteiger partial charge on any atom is -0.376 e. The summed E-state index contributed by atoms with van der Waals surface area (Å²) in [7, 11) is 0. The van der Waals surface area contributed by atoms with Crippen LogP contribution in [0.1, 0.15) is 34.5 Å². The Bertz CT molecular complexity index is 1190. The van der Waals surface area contributed by atoms with Crippen LogP contribution < -0.4 is 10.6 Å². The van der Waals surface area contributed by atoms with Crippen molar-refractivity contribution in [3.05, 3.63) is 47.3 Å². The van der Waals surface area contributed by atoms with Crippen molar-refractivity contribution >= 4 is 46.1 Å². The Kier molecular flexibility index (Phi) is 5.71. The molecular formula is C22H23N5O4S. The van der Waals surface area contributed by atoms with Crippen LogP contribution in [0.15, 0.2) is 30.5 Å². The van der Waals surface area contributed by atoms with Gasteiger partial charge in [0.05, 0.1) is 17.4 Å². The first-order valence-corrected chi connectivity index (χ1v) is 11.7. The van der Waals surface area contributed by atoms with Crippen LogP contribution in [0.3, 0.4) is 0 Å². The smallest absolute Gasteiger partial charge is 0.298 e. The fourth-order valence-corrected chi connectivity index (χ4v) is 5.13. The van der Waals surface area contributed by atoms with Crippen LogP contribution in [0.5, 0.6) is 0 Å². The van der Waals surface area contributed by atoms with Gasteiger partial charge in [0.1, 0.15) is 12.4 Å². The average molecular weight is 454 g/mol. The van der Waals surface area contributed by atoms with Crippen molar-refractivity contribution in [2.24, 2.45) is 0 Å². The SMILES string of the molecule is O=C(Cn1nc2c(c1NC(=O)C(=O)c1c[nH]c3ccccc13)CSC2)NCC1CCCO1. The standard InChI is InChI=1S/C22H23N5O4S/c28-19(24-8-13-4-3-7-31-13)10-27-21(16-11-32-12-18(16)26-27)25-22(30)20(29)15-9-23-17-6-2-1-5-14(15)17/h1-2,5-6,9,13,23H,3-4,7-8,10-12H2,(H,24,28)(H,25,30). The Balaban J connectivity index is 1.32. The molecule has 0 aliphatic carbocycles. The van der Waals surface area contributed by atoms with E-state index < -0.39 is 11.7 Å². The lowest BCUT2D eigenvalue weighted by Gasteiger charge is -2.13. The molecule has 10 heteroatoms. The number of aromatic amines is 1. The van der Waals surface area contributed by atoms with E-state index in [0.29, 0.717) is 34.8 Å². The first-order valence-electron chi connectivity index (χ1n) is 10.6. The molecule has 2 aromatic heterocycles. The minimum atomic E-state index is -0.754. The quantitative estimate of drug-likeness (QED) is 0.373. The van der Waals surface area contributed by atoms with Gasteiger partial charge in [0.25, 0.3) is 11.7 Å².